The zero-order valence-corrected chi connectivity index (χ0v) is 15.2. The summed E-state index contributed by atoms with van der Waals surface area (Å²) in [6.07, 6.45) is 0.162. The average Bonchev–Trinajstić information content (AvgIpc) is 3.28. The topological polar surface area (TPSA) is 97.3 Å². The second-order valence-corrected chi connectivity index (χ2v) is 6.32. The summed E-state index contributed by atoms with van der Waals surface area (Å²) in [6, 6.07) is 8.74. The fourth-order valence-corrected chi connectivity index (χ4v) is 3.14. The number of likely N-dealkylation sites (tertiary alicyclic amines) is 1. The van der Waals surface area contributed by atoms with Gasteiger partial charge in [-0.3, -0.25) is 9.69 Å². The molecule has 1 unspecified atom stereocenters. The van der Waals surface area contributed by atoms with Crippen molar-refractivity contribution in [2.45, 2.75) is 45.0 Å². The Morgan fingerprint density at radius 2 is 2.11 bits per heavy atom. The highest BCUT2D eigenvalue weighted by Gasteiger charge is 2.37. The molecule has 2 aliphatic heterocycles. The summed E-state index contributed by atoms with van der Waals surface area (Å²) < 4.78 is 15.8. The number of nitrogens with one attached hydrogen (secondary N) is 1. The Balaban J connectivity index is 1.57. The molecule has 2 heterocycles. The lowest BCUT2D eigenvalue weighted by atomic mass is 10.2. The van der Waals surface area contributed by atoms with Crippen molar-refractivity contribution in [1.29, 1.82) is 0 Å². The maximum Gasteiger partial charge on any atom is 0.410 e. The van der Waals surface area contributed by atoms with Crippen LogP contribution in [0.2, 0.25) is 0 Å². The molecule has 8 heteroatoms. The van der Waals surface area contributed by atoms with Crippen LogP contribution in [0.3, 0.4) is 0 Å². The molecule has 1 aromatic rings. The highest BCUT2D eigenvalue weighted by Crippen LogP contribution is 2.22. The summed E-state index contributed by atoms with van der Waals surface area (Å²) in [7, 11) is 0. The molecule has 3 atom stereocenters. The van der Waals surface area contributed by atoms with Gasteiger partial charge in [-0.25, -0.2) is 4.79 Å². The van der Waals surface area contributed by atoms with Crippen LogP contribution in [0.1, 0.15) is 25.3 Å². The minimum absolute atomic E-state index is 0.155. The molecule has 146 valence electrons. The predicted octanol–water partition coefficient (Wildman–Crippen LogP) is 1.50. The molecule has 27 heavy (non-hydrogen) atoms. The smallest absolute Gasteiger partial charge is 0.410 e. The molecule has 8 nitrogen and oxygen atoms in total. The number of hydrogen-bond acceptors (Lipinski definition) is 6. The van der Waals surface area contributed by atoms with Gasteiger partial charge in [-0.15, -0.1) is 0 Å². The first-order valence-corrected chi connectivity index (χ1v) is 9.03. The van der Waals surface area contributed by atoms with E-state index in [1.165, 1.54) is 11.0 Å². The minimum Gasteiger partial charge on any atom is -0.445 e. The summed E-state index contributed by atoms with van der Waals surface area (Å²) in [5.41, 5.74) is 1.23. The van der Waals surface area contributed by atoms with Crippen LogP contribution in [0.5, 0.6) is 0 Å². The molecule has 0 radical (unpaired) electrons. The molecule has 2 aliphatic rings. The SMILES string of the molecule is CCO[C@@H]1OC(O)C=C1NC(=O)[C@@H]1CCCN1C(=O)OCc1ccccc1. The van der Waals surface area contributed by atoms with Crippen LogP contribution in [0.25, 0.3) is 0 Å². The van der Waals surface area contributed by atoms with E-state index in [2.05, 4.69) is 5.32 Å². The lowest BCUT2D eigenvalue weighted by molar-refractivity contribution is -0.176. The standard InChI is InChI=1S/C19H24N2O6/c1-2-25-18-14(11-16(22)27-18)20-17(23)15-9-6-10-21(15)19(24)26-12-13-7-4-3-5-8-13/h3-5,7-8,11,15-16,18,22H,2,6,9-10,12H2,1H3,(H,20,23)/t15-,16?,18+/m0/s1. The molecular weight excluding hydrogens is 352 g/mol. The van der Waals surface area contributed by atoms with Crippen molar-refractivity contribution in [1.82, 2.24) is 10.2 Å². The zero-order chi connectivity index (χ0) is 19.2. The Labute approximate surface area is 157 Å². The molecule has 0 aliphatic carbocycles. The second kappa shape index (κ2) is 8.98. The summed E-state index contributed by atoms with van der Waals surface area (Å²) in [5.74, 6) is -0.349. The van der Waals surface area contributed by atoms with Gasteiger partial charge in [-0.1, -0.05) is 30.3 Å². The number of ether oxygens (including phenoxy) is 3. The molecule has 1 aromatic carbocycles. The van der Waals surface area contributed by atoms with Crippen molar-refractivity contribution < 1.29 is 28.9 Å². The van der Waals surface area contributed by atoms with Crippen molar-refractivity contribution in [3.63, 3.8) is 0 Å². The molecule has 0 aromatic heterocycles. The molecule has 0 spiro atoms. The fourth-order valence-electron chi connectivity index (χ4n) is 3.14. The normalized spacial score (nSPS) is 24.6. The van der Waals surface area contributed by atoms with Gasteiger partial charge in [0.05, 0.1) is 5.70 Å². The van der Waals surface area contributed by atoms with Crippen LogP contribution in [-0.4, -0.2) is 53.8 Å². The largest absolute Gasteiger partial charge is 0.445 e. The molecule has 3 rings (SSSR count). The monoisotopic (exact) mass is 376 g/mol. The Morgan fingerprint density at radius 3 is 2.85 bits per heavy atom. The number of carbonyl (C=O) groups is 2. The van der Waals surface area contributed by atoms with Gasteiger partial charge in [-0.2, -0.15) is 0 Å². The number of nitrogens with zero attached hydrogens (tertiary/aromatic N) is 1. The van der Waals surface area contributed by atoms with Gasteiger partial charge < -0.3 is 24.6 Å². The number of aliphatic hydroxyl groups is 1. The minimum atomic E-state index is -1.13. The molecular formula is C19H24N2O6. The van der Waals surface area contributed by atoms with Crippen molar-refractivity contribution >= 4 is 12.0 Å². The summed E-state index contributed by atoms with van der Waals surface area (Å²) in [4.78, 5) is 26.5. The molecule has 0 bridgehead atoms. The Morgan fingerprint density at radius 1 is 1.33 bits per heavy atom. The predicted molar refractivity (Wildman–Crippen MR) is 95.1 cm³/mol. The number of amides is 2. The van der Waals surface area contributed by atoms with E-state index in [1.807, 2.05) is 30.3 Å². The quantitative estimate of drug-likeness (QED) is 0.781. The van der Waals surface area contributed by atoms with Crippen LogP contribution < -0.4 is 5.32 Å². The number of benzene rings is 1. The second-order valence-electron chi connectivity index (χ2n) is 6.32. The zero-order valence-electron chi connectivity index (χ0n) is 15.2. The van der Waals surface area contributed by atoms with Crippen LogP contribution >= 0.6 is 0 Å². The number of aliphatic hydroxyl groups excluding tert-OH is 1. The third-order valence-corrected chi connectivity index (χ3v) is 4.42. The van der Waals surface area contributed by atoms with Gasteiger partial charge in [0.25, 0.3) is 0 Å². The first-order valence-electron chi connectivity index (χ1n) is 9.03. The van der Waals surface area contributed by atoms with Crippen molar-refractivity contribution in [3.05, 3.63) is 47.7 Å². The van der Waals surface area contributed by atoms with E-state index in [4.69, 9.17) is 14.2 Å². The van der Waals surface area contributed by atoms with Gasteiger partial charge in [-0.05, 0) is 31.4 Å². The van der Waals surface area contributed by atoms with Gasteiger partial charge in [0, 0.05) is 13.2 Å². The van der Waals surface area contributed by atoms with Gasteiger partial charge in [0.2, 0.25) is 12.2 Å². The highest BCUT2D eigenvalue weighted by atomic mass is 16.7. The number of hydrogen-bond donors (Lipinski definition) is 2. The first-order chi connectivity index (χ1) is 13.1. The van der Waals surface area contributed by atoms with Crippen LogP contribution in [0, 0.1) is 0 Å². The Hall–Kier alpha value is -2.42. The van der Waals surface area contributed by atoms with Crippen molar-refractivity contribution in [2.24, 2.45) is 0 Å². The Kier molecular flexibility index (Phi) is 6.44. The molecule has 0 saturated carbocycles. The van der Waals surface area contributed by atoms with Crippen molar-refractivity contribution in [3.8, 4) is 0 Å². The van der Waals surface area contributed by atoms with E-state index in [0.717, 1.165) is 5.56 Å². The van der Waals surface area contributed by atoms with Gasteiger partial charge >= 0.3 is 6.09 Å². The highest BCUT2D eigenvalue weighted by molar-refractivity contribution is 5.87. The molecule has 2 amide bonds. The lowest BCUT2D eigenvalue weighted by Gasteiger charge is -2.24. The average molecular weight is 376 g/mol. The maximum absolute atomic E-state index is 12.7. The summed E-state index contributed by atoms with van der Waals surface area (Å²) in [5, 5.41) is 12.3. The van der Waals surface area contributed by atoms with Crippen LogP contribution in [-0.2, 0) is 25.6 Å². The third kappa shape index (κ3) is 4.85. The first kappa shape index (κ1) is 19.3. The third-order valence-electron chi connectivity index (χ3n) is 4.42. The lowest BCUT2D eigenvalue weighted by Crippen LogP contribution is -2.46. The fraction of sp³-hybridized carbons (Fsp3) is 0.474. The maximum atomic E-state index is 12.7. The molecule has 1 saturated heterocycles. The molecule has 2 N–H and O–H groups in total. The van der Waals surface area contributed by atoms with E-state index < -0.39 is 24.7 Å². The van der Waals surface area contributed by atoms with E-state index in [0.29, 0.717) is 31.7 Å². The van der Waals surface area contributed by atoms with Crippen LogP contribution in [0.15, 0.2) is 42.1 Å². The van der Waals surface area contributed by atoms with E-state index >= 15 is 0 Å². The van der Waals surface area contributed by atoms with Gasteiger partial charge in [0.1, 0.15) is 12.6 Å². The summed E-state index contributed by atoms with van der Waals surface area (Å²) >= 11 is 0. The molecule has 1 fully saturated rings. The van der Waals surface area contributed by atoms with Gasteiger partial charge in [0.15, 0.2) is 6.29 Å². The van der Waals surface area contributed by atoms with Crippen molar-refractivity contribution in [2.75, 3.05) is 13.2 Å². The van der Waals surface area contributed by atoms with E-state index in [9.17, 15) is 14.7 Å². The summed E-state index contributed by atoms with van der Waals surface area (Å²) in [6.45, 7) is 2.77. The van der Waals surface area contributed by atoms with E-state index in [-0.39, 0.29) is 12.5 Å². The van der Waals surface area contributed by atoms with E-state index in [1.54, 1.807) is 6.92 Å². The Bertz CT molecular complexity index is 693. The number of rotatable bonds is 6. The number of carbonyl (C=O) groups excluding carboxylic acids is 2. The van der Waals surface area contributed by atoms with Crippen LogP contribution in [0.4, 0.5) is 4.79 Å².